The van der Waals surface area contributed by atoms with Gasteiger partial charge in [-0.15, -0.1) is 0 Å². The zero-order valence-corrected chi connectivity index (χ0v) is 18.3. The van der Waals surface area contributed by atoms with Gasteiger partial charge in [0.1, 0.15) is 17.4 Å². The lowest BCUT2D eigenvalue weighted by molar-refractivity contribution is -0.158. The number of carbonyl (C=O) groups is 1. The summed E-state index contributed by atoms with van der Waals surface area (Å²) in [5, 5.41) is 0. The van der Waals surface area contributed by atoms with Crippen molar-refractivity contribution in [2.45, 2.75) is 25.3 Å². The molecule has 10 heteroatoms. The molecular weight excluding hydrogens is 454 g/mol. The number of fused-ring (bicyclic) bond motifs is 6. The van der Waals surface area contributed by atoms with Crippen LogP contribution in [0.1, 0.15) is 24.1 Å². The fourth-order valence-electron chi connectivity index (χ4n) is 4.33. The molecule has 2 unspecified atom stereocenters. The molecule has 0 amide bonds. The SMILES string of the molecule is COC(=O)C1C2c3ccccc3O[C@]1(C)N=c1sc(=Cc3ccc(OC(F)F)cc3)c(=O)n12. The molecule has 0 saturated heterocycles. The van der Waals surface area contributed by atoms with E-state index in [0.29, 0.717) is 26.2 Å². The summed E-state index contributed by atoms with van der Waals surface area (Å²) in [6.45, 7) is -1.21. The Hall–Kier alpha value is -3.53. The van der Waals surface area contributed by atoms with Crippen molar-refractivity contribution in [3.63, 3.8) is 0 Å². The summed E-state index contributed by atoms with van der Waals surface area (Å²) in [5.74, 6) is -0.797. The second-order valence-electron chi connectivity index (χ2n) is 7.77. The van der Waals surface area contributed by atoms with Gasteiger partial charge >= 0.3 is 12.6 Å². The molecule has 7 nitrogen and oxygen atoms in total. The van der Waals surface area contributed by atoms with Crippen molar-refractivity contribution in [3.05, 3.63) is 79.3 Å². The lowest BCUT2D eigenvalue weighted by atomic mass is 9.81. The molecule has 2 aliphatic heterocycles. The van der Waals surface area contributed by atoms with Crippen LogP contribution in [0.25, 0.3) is 6.08 Å². The minimum absolute atomic E-state index is 0.0238. The van der Waals surface area contributed by atoms with E-state index in [1.165, 1.54) is 35.1 Å². The fraction of sp³-hybridized carbons (Fsp3) is 0.261. The van der Waals surface area contributed by atoms with E-state index < -0.39 is 30.3 Å². The van der Waals surface area contributed by atoms with Gasteiger partial charge in [0.05, 0.1) is 17.7 Å². The van der Waals surface area contributed by atoms with Crippen molar-refractivity contribution in [3.8, 4) is 11.5 Å². The predicted molar refractivity (Wildman–Crippen MR) is 115 cm³/mol. The summed E-state index contributed by atoms with van der Waals surface area (Å²) < 4.78 is 42.2. The fourth-order valence-corrected chi connectivity index (χ4v) is 5.43. The number of ether oxygens (including phenoxy) is 3. The predicted octanol–water partition coefficient (Wildman–Crippen LogP) is 2.46. The molecule has 33 heavy (non-hydrogen) atoms. The van der Waals surface area contributed by atoms with E-state index in [1.54, 1.807) is 31.2 Å². The molecule has 2 aliphatic rings. The third-order valence-electron chi connectivity index (χ3n) is 5.74. The lowest BCUT2D eigenvalue weighted by Crippen LogP contribution is -2.58. The Balaban J connectivity index is 1.67. The van der Waals surface area contributed by atoms with Crippen molar-refractivity contribution in [2.75, 3.05) is 7.11 Å². The van der Waals surface area contributed by atoms with Gasteiger partial charge in [-0.1, -0.05) is 41.7 Å². The molecule has 0 fully saturated rings. The molecule has 3 atom stereocenters. The number of halogens is 2. The maximum Gasteiger partial charge on any atom is 0.387 e. The van der Waals surface area contributed by atoms with Crippen LogP contribution in [0.4, 0.5) is 8.78 Å². The van der Waals surface area contributed by atoms with Gasteiger partial charge in [0.25, 0.3) is 5.56 Å². The minimum atomic E-state index is -2.91. The summed E-state index contributed by atoms with van der Waals surface area (Å²) in [6.07, 6.45) is 1.65. The average molecular weight is 472 g/mol. The summed E-state index contributed by atoms with van der Waals surface area (Å²) >= 11 is 1.17. The van der Waals surface area contributed by atoms with Crippen LogP contribution in [0.3, 0.4) is 0 Å². The number of esters is 1. The van der Waals surface area contributed by atoms with Crippen LogP contribution in [0.15, 0.2) is 58.3 Å². The largest absolute Gasteiger partial charge is 0.469 e. The van der Waals surface area contributed by atoms with Gasteiger partial charge in [-0.3, -0.25) is 14.2 Å². The highest BCUT2D eigenvalue weighted by molar-refractivity contribution is 7.07. The number of alkyl halides is 2. The van der Waals surface area contributed by atoms with Crippen LogP contribution < -0.4 is 24.4 Å². The van der Waals surface area contributed by atoms with Crippen LogP contribution in [-0.4, -0.2) is 30.0 Å². The van der Waals surface area contributed by atoms with E-state index in [0.717, 1.165) is 0 Å². The molecule has 5 rings (SSSR count). The Labute approximate surface area is 190 Å². The molecule has 2 bridgehead atoms. The first-order valence-electron chi connectivity index (χ1n) is 10.0. The number of para-hydroxylation sites is 1. The van der Waals surface area contributed by atoms with E-state index in [2.05, 4.69) is 9.73 Å². The smallest absolute Gasteiger partial charge is 0.387 e. The number of thiazole rings is 1. The molecule has 2 aromatic carbocycles. The number of rotatable bonds is 4. The molecule has 0 N–H and O–H groups in total. The van der Waals surface area contributed by atoms with Crippen LogP contribution in [-0.2, 0) is 9.53 Å². The number of benzene rings is 2. The van der Waals surface area contributed by atoms with E-state index >= 15 is 0 Å². The molecule has 0 aliphatic carbocycles. The van der Waals surface area contributed by atoms with Crippen LogP contribution >= 0.6 is 11.3 Å². The highest BCUT2D eigenvalue weighted by Crippen LogP contribution is 2.47. The molecular formula is C23H18F2N2O5S. The first kappa shape index (κ1) is 21.3. The third kappa shape index (κ3) is 3.50. The second kappa shape index (κ2) is 7.80. The standard InChI is InChI=1S/C23H18F2N2O5S/c1-23-17(20(29)30-2)18(14-5-3-4-6-15(14)32-23)27-19(28)16(33-22(27)26-23)11-12-7-9-13(10-8-12)31-21(24)25/h3-11,17-18,21H,1-2H3/t17?,18?,23-/m0/s1. The Bertz CT molecular complexity index is 1420. The van der Waals surface area contributed by atoms with Gasteiger partial charge in [0.2, 0.25) is 5.72 Å². The molecule has 0 spiro atoms. The quantitative estimate of drug-likeness (QED) is 0.545. The van der Waals surface area contributed by atoms with Crippen LogP contribution in [0.5, 0.6) is 11.5 Å². The van der Waals surface area contributed by atoms with E-state index in [-0.39, 0.29) is 11.3 Å². The average Bonchev–Trinajstić information content (AvgIpc) is 3.07. The molecule has 0 saturated carbocycles. The zero-order valence-electron chi connectivity index (χ0n) is 17.5. The van der Waals surface area contributed by atoms with Gasteiger partial charge in [0, 0.05) is 5.56 Å². The Morgan fingerprint density at radius 2 is 1.97 bits per heavy atom. The summed E-state index contributed by atoms with van der Waals surface area (Å²) in [6, 6.07) is 12.5. The lowest BCUT2D eigenvalue weighted by Gasteiger charge is -2.44. The molecule has 0 radical (unpaired) electrons. The molecule has 3 heterocycles. The van der Waals surface area contributed by atoms with Crippen molar-refractivity contribution in [1.82, 2.24) is 4.57 Å². The van der Waals surface area contributed by atoms with Crippen molar-refractivity contribution in [2.24, 2.45) is 10.9 Å². The molecule has 3 aromatic rings. The van der Waals surface area contributed by atoms with Crippen molar-refractivity contribution < 1.29 is 27.8 Å². The topological polar surface area (TPSA) is 79.1 Å². The molecule has 170 valence electrons. The maximum absolute atomic E-state index is 13.5. The minimum Gasteiger partial charge on any atom is -0.469 e. The van der Waals surface area contributed by atoms with Gasteiger partial charge in [0.15, 0.2) is 4.80 Å². The van der Waals surface area contributed by atoms with Crippen LogP contribution in [0, 0.1) is 5.92 Å². The Morgan fingerprint density at radius 1 is 1.24 bits per heavy atom. The summed E-state index contributed by atoms with van der Waals surface area (Å²) in [4.78, 5) is 31.3. The van der Waals surface area contributed by atoms with Gasteiger partial charge in [-0.2, -0.15) is 8.78 Å². The Kier molecular flexibility index (Phi) is 5.04. The highest BCUT2D eigenvalue weighted by atomic mass is 32.1. The van der Waals surface area contributed by atoms with Crippen LogP contribution in [0.2, 0.25) is 0 Å². The number of carbonyl (C=O) groups excluding carboxylic acids is 1. The number of hydrogen-bond acceptors (Lipinski definition) is 7. The second-order valence-corrected chi connectivity index (χ2v) is 8.78. The van der Waals surface area contributed by atoms with Crippen molar-refractivity contribution in [1.29, 1.82) is 0 Å². The van der Waals surface area contributed by atoms with Crippen molar-refractivity contribution >= 4 is 23.4 Å². The molecule has 1 aromatic heterocycles. The number of methoxy groups -OCH3 is 1. The van der Waals surface area contributed by atoms with E-state index in [9.17, 15) is 18.4 Å². The first-order valence-corrected chi connectivity index (χ1v) is 10.9. The van der Waals surface area contributed by atoms with E-state index in [4.69, 9.17) is 9.47 Å². The zero-order chi connectivity index (χ0) is 23.3. The highest BCUT2D eigenvalue weighted by Gasteiger charge is 2.55. The normalized spacial score (nSPS) is 23.2. The van der Waals surface area contributed by atoms with Gasteiger partial charge in [-0.25, -0.2) is 4.99 Å². The van der Waals surface area contributed by atoms with Gasteiger partial charge < -0.3 is 14.2 Å². The maximum atomic E-state index is 13.5. The number of nitrogens with zero attached hydrogens (tertiary/aromatic N) is 2. The first-order chi connectivity index (χ1) is 15.8. The monoisotopic (exact) mass is 472 g/mol. The van der Waals surface area contributed by atoms with E-state index in [1.807, 2.05) is 18.2 Å². The third-order valence-corrected chi connectivity index (χ3v) is 6.72. The Morgan fingerprint density at radius 3 is 2.67 bits per heavy atom. The number of aromatic nitrogens is 1. The van der Waals surface area contributed by atoms with Gasteiger partial charge in [-0.05, 0) is 36.8 Å². The summed E-state index contributed by atoms with van der Waals surface area (Å²) in [5.41, 5.74) is -0.233. The number of hydrogen-bond donors (Lipinski definition) is 0. The summed E-state index contributed by atoms with van der Waals surface area (Å²) in [7, 11) is 1.29.